The molecule has 0 aliphatic heterocycles. The summed E-state index contributed by atoms with van der Waals surface area (Å²) in [7, 11) is 3.75. The molecule has 0 aromatic heterocycles. The second-order valence-corrected chi connectivity index (χ2v) is 6.45. The maximum Gasteiger partial charge on any atom is -0.0167 e. The smallest absolute Gasteiger partial charge is 0.0167 e. The van der Waals surface area contributed by atoms with E-state index in [1.165, 1.54) is 103 Å². The van der Waals surface area contributed by atoms with E-state index in [1.807, 2.05) is 14.1 Å². The summed E-state index contributed by atoms with van der Waals surface area (Å²) in [5.41, 5.74) is 0. The summed E-state index contributed by atoms with van der Waals surface area (Å²) in [6.45, 7) is 4.59. The zero-order valence-corrected chi connectivity index (χ0v) is 15.8. The molecule has 130 valence electrons. The van der Waals surface area contributed by atoms with Crippen LogP contribution in [0, 0.1) is 0 Å². The van der Waals surface area contributed by atoms with Crippen molar-refractivity contribution >= 4 is 0 Å². The van der Waals surface area contributed by atoms with Gasteiger partial charge in [0.2, 0.25) is 0 Å². The van der Waals surface area contributed by atoms with Crippen molar-refractivity contribution in [1.82, 2.24) is 5.32 Å². The van der Waals surface area contributed by atoms with Crippen LogP contribution in [-0.2, 0) is 0 Å². The molecule has 1 nitrogen and oxygen atoms in total. The number of hydrogen-bond acceptors (Lipinski definition) is 1. The highest BCUT2D eigenvalue weighted by Gasteiger charge is 1.93. The van der Waals surface area contributed by atoms with E-state index in [9.17, 15) is 0 Å². The third-order valence-electron chi connectivity index (χ3n) is 3.96. The van der Waals surface area contributed by atoms with E-state index in [2.05, 4.69) is 19.2 Å². The summed E-state index contributed by atoms with van der Waals surface area (Å²) in [5, 5.41) is 2.75. The third-order valence-corrected chi connectivity index (χ3v) is 3.96. The molecule has 0 saturated carbocycles. The molecule has 0 aromatic carbocycles. The summed E-state index contributed by atoms with van der Waals surface area (Å²) >= 11 is 0. The molecule has 0 aliphatic rings. The minimum Gasteiger partial charge on any atom is -0.323 e. The normalized spacial score (nSPS) is 10.3. The molecule has 0 amide bonds. The highest BCUT2D eigenvalue weighted by Crippen LogP contribution is 2.13. The van der Waals surface area contributed by atoms with Gasteiger partial charge in [0.25, 0.3) is 0 Å². The van der Waals surface area contributed by atoms with E-state index in [1.54, 1.807) is 0 Å². The average molecular weight is 300 g/mol. The van der Waals surface area contributed by atoms with Crippen LogP contribution in [0.1, 0.15) is 117 Å². The van der Waals surface area contributed by atoms with Crippen LogP contribution in [0.5, 0.6) is 0 Å². The molecule has 0 atom stereocenters. The summed E-state index contributed by atoms with van der Waals surface area (Å²) in [6.07, 6.45) is 23.4. The molecule has 1 heteroatoms. The summed E-state index contributed by atoms with van der Waals surface area (Å²) in [6, 6.07) is 0. The molecule has 0 spiro atoms. The zero-order chi connectivity index (χ0) is 16.0. The molecule has 0 radical (unpaired) electrons. The SMILES string of the molecule is CCCCCCCCCCCCCCCCCC.CNC. The fourth-order valence-electron chi connectivity index (χ4n) is 2.62. The number of unbranched alkanes of at least 4 members (excludes halogenated alkanes) is 15. The Bertz CT molecular complexity index is 129. The van der Waals surface area contributed by atoms with E-state index in [0.29, 0.717) is 0 Å². The van der Waals surface area contributed by atoms with Crippen molar-refractivity contribution in [2.24, 2.45) is 0 Å². The van der Waals surface area contributed by atoms with Crippen LogP contribution in [0.2, 0.25) is 0 Å². The lowest BCUT2D eigenvalue weighted by Gasteiger charge is -2.03. The number of hydrogen-bond donors (Lipinski definition) is 1. The van der Waals surface area contributed by atoms with E-state index in [0.717, 1.165) is 0 Å². The van der Waals surface area contributed by atoms with E-state index in [4.69, 9.17) is 0 Å². The Morgan fingerprint density at radius 3 is 0.667 bits per heavy atom. The second kappa shape index (κ2) is 24.9. The van der Waals surface area contributed by atoms with Gasteiger partial charge in [0.15, 0.2) is 0 Å². The fraction of sp³-hybridized carbons (Fsp3) is 1.00. The minimum absolute atomic E-state index is 1.37. The van der Waals surface area contributed by atoms with Crippen molar-refractivity contribution in [1.29, 1.82) is 0 Å². The predicted molar refractivity (Wildman–Crippen MR) is 100 cm³/mol. The Kier molecular flexibility index (Phi) is 27.6. The van der Waals surface area contributed by atoms with Gasteiger partial charge >= 0.3 is 0 Å². The van der Waals surface area contributed by atoms with Crippen LogP contribution in [0.25, 0.3) is 0 Å². The molecule has 0 heterocycles. The second-order valence-electron chi connectivity index (χ2n) is 6.45. The van der Waals surface area contributed by atoms with Crippen molar-refractivity contribution in [3.8, 4) is 0 Å². The Morgan fingerprint density at radius 1 is 0.381 bits per heavy atom. The molecular weight excluding hydrogens is 254 g/mol. The molecular formula is C20H45N. The Hall–Kier alpha value is -0.0400. The molecule has 1 N–H and O–H groups in total. The van der Waals surface area contributed by atoms with Gasteiger partial charge in [-0.05, 0) is 14.1 Å². The van der Waals surface area contributed by atoms with Crippen LogP contribution in [0.15, 0.2) is 0 Å². The van der Waals surface area contributed by atoms with E-state index < -0.39 is 0 Å². The van der Waals surface area contributed by atoms with Crippen molar-refractivity contribution in [3.63, 3.8) is 0 Å². The molecule has 0 unspecified atom stereocenters. The maximum absolute atomic E-state index is 2.75. The van der Waals surface area contributed by atoms with Gasteiger partial charge in [-0.15, -0.1) is 0 Å². The molecule has 0 aromatic rings. The lowest BCUT2D eigenvalue weighted by molar-refractivity contribution is 0.531. The van der Waals surface area contributed by atoms with E-state index >= 15 is 0 Å². The molecule has 0 rings (SSSR count). The first-order valence-electron chi connectivity index (χ1n) is 9.91. The lowest BCUT2D eigenvalue weighted by atomic mass is 10.0. The Balaban J connectivity index is 0. The van der Waals surface area contributed by atoms with Gasteiger partial charge in [-0.1, -0.05) is 117 Å². The van der Waals surface area contributed by atoms with Crippen LogP contribution in [0.3, 0.4) is 0 Å². The molecule has 0 aliphatic carbocycles. The van der Waals surface area contributed by atoms with Crippen LogP contribution < -0.4 is 5.32 Å². The van der Waals surface area contributed by atoms with Crippen molar-refractivity contribution < 1.29 is 0 Å². The zero-order valence-electron chi connectivity index (χ0n) is 15.8. The number of rotatable bonds is 15. The largest absolute Gasteiger partial charge is 0.323 e. The first-order chi connectivity index (χ1) is 10.3. The standard InChI is InChI=1S/C18H38.C2H7N/c1-3-5-7-9-11-13-15-17-18-16-14-12-10-8-6-4-2;1-3-2/h3-18H2,1-2H3;3H,1-2H3. The van der Waals surface area contributed by atoms with Crippen LogP contribution >= 0.6 is 0 Å². The molecule has 0 bridgehead atoms. The van der Waals surface area contributed by atoms with Gasteiger partial charge in [-0.2, -0.15) is 0 Å². The Labute approximate surface area is 136 Å². The Morgan fingerprint density at radius 2 is 0.524 bits per heavy atom. The van der Waals surface area contributed by atoms with Gasteiger partial charge in [-0.25, -0.2) is 0 Å². The number of nitrogens with one attached hydrogen (secondary N) is 1. The first kappa shape index (κ1) is 23.2. The average Bonchev–Trinajstić information content (AvgIpc) is 2.48. The molecule has 21 heavy (non-hydrogen) atoms. The quantitative estimate of drug-likeness (QED) is 0.318. The van der Waals surface area contributed by atoms with Gasteiger partial charge in [0.05, 0.1) is 0 Å². The van der Waals surface area contributed by atoms with Crippen molar-refractivity contribution in [2.75, 3.05) is 14.1 Å². The fourth-order valence-corrected chi connectivity index (χ4v) is 2.62. The maximum atomic E-state index is 2.75. The van der Waals surface area contributed by atoms with E-state index in [-0.39, 0.29) is 0 Å². The van der Waals surface area contributed by atoms with Gasteiger partial charge in [-0.3, -0.25) is 0 Å². The third kappa shape index (κ3) is 28.8. The monoisotopic (exact) mass is 299 g/mol. The lowest BCUT2D eigenvalue weighted by Crippen LogP contribution is -1.89. The topological polar surface area (TPSA) is 12.0 Å². The summed E-state index contributed by atoms with van der Waals surface area (Å²) in [4.78, 5) is 0. The summed E-state index contributed by atoms with van der Waals surface area (Å²) in [5.74, 6) is 0. The first-order valence-corrected chi connectivity index (χ1v) is 9.91. The molecule has 0 fully saturated rings. The predicted octanol–water partition coefficient (Wildman–Crippen LogP) is 7.10. The molecule has 0 saturated heterocycles. The van der Waals surface area contributed by atoms with Gasteiger partial charge in [0.1, 0.15) is 0 Å². The van der Waals surface area contributed by atoms with Gasteiger partial charge < -0.3 is 5.32 Å². The highest BCUT2D eigenvalue weighted by atomic mass is 14.7. The van der Waals surface area contributed by atoms with Gasteiger partial charge in [0, 0.05) is 0 Å². The van der Waals surface area contributed by atoms with Crippen molar-refractivity contribution in [2.45, 2.75) is 117 Å². The highest BCUT2D eigenvalue weighted by molar-refractivity contribution is 4.49. The minimum atomic E-state index is 1.37. The van der Waals surface area contributed by atoms with Crippen LogP contribution in [-0.4, -0.2) is 14.1 Å². The van der Waals surface area contributed by atoms with Crippen molar-refractivity contribution in [3.05, 3.63) is 0 Å². The summed E-state index contributed by atoms with van der Waals surface area (Å²) < 4.78 is 0. The van der Waals surface area contributed by atoms with Crippen LogP contribution in [0.4, 0.5) is 0 Å².